The molecule has 0 aromatic carbocycles. The van der Waals surface area contributed by atoms with Crippen molar-refractivity contribution >= 4 is 5.69 Å². The summed E-state index contributed by atoms with van der Waals surface area (Å²) in [6, 6.07) is 3.29. The molecule has 106 valence electrons. The molecule has 1 aromatic rings. The van der Waals surface area contributed by atoms with Crippen LogP contribution in [0.15, 0.2) is 31.0 Å². The number of rotatable bonds is 7. The first-order valence-electron chi connectivity index (χ1n) is 5.94. The highest BCUT2D eigenvalue weighted by atomic mass is 19.4. The monoisotopic (exact) mass is 274 g/mol. The zero-order valence-electron chi connectivity index (χ0n) is 10.7. The highest BCUT2D eigenvalue weighted by molar-refractivity contribution is 5.42. The van der Waals surface area contributed by atoms with Crippen LogP contribution in [-0.4, -0.2) is 23.8 Å². The first-order valence-corrected chi connectivity index (χ1v) is 5.94. The van der Waals surface area contributed by atoms with Crippen LogP contribution < -0.4 is 10.1 Å². The van der Waals surface area contributed by atoms with Crippen LogP contribution >= 0.6 is 0 Å². The zero-order chi connectivity index (χ0) is 14.3. The van der Waals surface area contributed by atoms with Gasteiger partial charge in [0.15, 0.2) is 6.61 Å². The normalized spacial score (nSPS) is 12.8. The second-order valence-electron chi connectivity index (χ2n) is 4.20. The van der Waals surface area contributed by atoms with E-state index in [1.54, 1.807) is 6.07 Å². The van der Waals surface area contributed by atoms with Gasteiger partial charge in [-0.05, 0) is 25.8 Å². The molecule has 0 saturated heterocycles. The number of halogens is 3. The Hall–Kier alpha value is -1.72. The predicted octanol–water partition coefficient (Wildman–Crippen LogP) is 3.79. The van der Waals surface area contributed by atoms with E-state index in [1.165, 1.54) is 12.3 Å². The summed E-state index contributed by atoms with van der Waals surface area (Å²) in [6.45, 7) is 4.32. The molecular formula is C13H17F3N2O. The van der Waals surface area contributed by atoms with Gasteiger partial charge in [-0.3, -0.25) is 0 Å². The molecule has 1 aromatic heterocycles. The lowest BCUT2D eigenvalue weighted by Crippen LogP contribution is -2.19. The van der Waals surface area contributed by atoms with Crippen molar-refractivity contribution in [1.29, 1.82) is 0 Å². The maximum absolute atomic E-state index is 11.9. The van der Waals surface area contributed by atoms with Gasteiger partial charge in [0.05, 0.1) is 11.9 Å². The molecule has 0 aliphatic rings. The number of nitrogens with zero attached hydrogens (tertiary/aromatic N) is 1. The van der Waals surface area contributed by atoms with Crippen LogP contribution in [0.3, 0.4) is 0 Å². The Balaban J connectivity index is 2.45. The SMILES string of the molecule is C=CCCC(C)Nc1ccc(OCC(F)(F)F)nc1. The lowest BCUT2D eigenvalue weighted by molar-refractivity contribution is -0.154. The van der Waals surface area contributed by atoms with Gasteiger partial charge in [0, 0.05) is 12.1 Å². The maximum atomic E-state index is 11.9. The molecule has 1 rings (SSSR count). The number of allylic oxidation sites excluding steroid dienone is 1. The summed E-state index contributed by atoms with van der Waals surface area (Å²) in [7, 11) is 0. The summed E-state index contributed by atoms with van der Waals surface area (Å²) in [6.07, 6.45) is 0.766. The Bertz CT molecular complexity index is 390. The fourth-order valence-electron chi connectivity index (χ4n) is 1.43. The van der Waals surface area contributed by atoms with E-state index in [9.17, 15) is 13.2 Å². The summed E-state index contributed by atoms with van der Waals surface area (Å²) < 4.78 is 40.3. The van der Waals surface area contributed by atoms with Gasteiger partial charge < -0.3 is 10.1 Å². The van der Waals surface area contributed by atoms with Crippen molar-refractivity contribution in [2.24, 2.45) is 0 Å². The van der Waals surface area contributed by atoms with E-state index < -0.39 is 12.8 Å². The van der Waals surface area contributed by atoms with Crippen molar-refractivity contribution in [2.45, 2.75) is 32.0 Å². The van der Waals surface area contributed by atoms with Gasteiger partial charge >= 0.3 is 6.18 Å². The van der Waals surface area contributed by atoms with E-state index in [4.69, 9.17) is 0 Å². The van der Waals surface area contributed by atoms with Gasteiger partial charge in [0.1, 0.15) is 0 Å². The quantitative estimate of drug-likeness (QED) is 0.768. The van der Waals surface area contributed by atoms with E-state index in [2.05, 4.69) is 21.6 Å². The molecule has 0 radical (unpaired) electrons. The molecular weight excluding hydrogens is 257 g/mol. The highest BCUT2D eigenvalue weighted by Crippen LogP contribution is 2.18. The third kappa shape index (κ3) is 6.69. The molecule has 3 nitrogen and oxygen atoms in total. The number of ether oxygens (including phenoxy) is 1. The number of aromatic nitrogens is 1. The van der Waals surface area contributed by atoms with Crippen LogP contribution in [0, 0.1) is 0 Å². The van der Waals surface area contributed by atoms with Crippen LogP contribution in [0.4, 0.5) is 18.9 Å². The topological polar surface area (TPSA) is 34.1 Å². The average molecular weight is 274 g/mol. The molecule has 1 unspecified atom stereocenters. The van der Waals surface area contributed by atoms with Gasteiger partial charge in [-0.25, -0.2) is 4.98 Å². The molecule has 0 spiro atoms. The fourth-order valence-corrected chi connectivity index (χ4v) is 1.43. The molecule has 0 fully saturated rings. The van der Waals surface area contributed by atoms with Crippen molar-refractivity contribution in [3.63, 3.8) is 0 Å². The van der Waals surface area contributed by atoms with Crippen LogP contribution in [0.25, 0.3) is 0 Å². The molecule has 0 aliphatic heterocycles. The fraction of sp³-hybridized carbons (Fsp3) is 0.462. The highest BCUT2D eigenvalue weighted by Gasteiger charge is 2.28. The number of anilines is 1. The Morgan fingerprint density at radius 3 is 2.74 bits per heavy atom. The molecule has 1 heterocycles. The smallest absolute Gasteiger partial charge is 0.422 e. The number of nitrogens with one attached hydrogen (secondary N) is 1. The first-order chi connectivity index (χ1) is 8.90. The summed E-state index contributed by atoms with van der Waals surface area (Å²) >= 11 is 0. The van der Waals surface area contributed by atoms with Crippen molar-refractivity contribution in [3.8, 4) is 5.88 Å². The summed E-state index contributed by atoms with van der Waals surface area (Å²) in [5.74, 6) is -0.0402. The van der Waals surface area contributed by atoms with Gasteiger partial charge in [-0.1, -0.05) is 6.08 Å². The van der Waals surface area contributed by atoms with E-state index >= 15 is 0 Å². The molecule has 1 atom stereocenters. The minimum absolute atomic E-state index is 0.0402. The predicted molar refractivity (Wildman–Crippen MR) is 68.3 cm³/mol. The molecule has 6 heteroatoms. The third-order valence-electron chi connectivity index (χ3n) is 2.34. The Morgan fingerprint density at radius 2 is 2.21 bits per heavy atom. The summed E-state index contributed by atoms with van der Waals surface area (Å²) in [4.78, 5) is 3.81. The Kier molecular flexibility index (Phi) is 5.66. The number of pyridine rings is 1. The Labute approximate surface area is 110 Å². The Morgan fingerprint density at radius 1 is 1.47 bits per heavy atom. The largest absolute Gasteiger partial charge is 0.468 e. The van der Waals surface area contributed by atoms with E-state index in [1.807, 2.05) is 13.0 Å². The van der Waals surface area contributed by atoms with Gasteiger partial charge in [-0.15, -0.1) is 6.58 Å². The lowest BCUT2D eigenvalue weighted by Gasteiger charge is -2.14. The lowest BCUT2D eigenvalue weighted by atomic mass is 10.2. The van der Waals surface area contributed by atoms with Crippen molar-refractivity contribution in [2.75, 3.05) is 11.9 Å². The number of alkyl halides is 3. The average Bonchev–Trinajstić information content (AvgIpc) is 2.34. The van der Waals surface area contributed by atoms with Crippen molar-refractivity contribution in [3.05, 3.63) is 31.0 Å². The molecule has 0 bridgehead atoms. The molecule has 1 N–H and O–H groups in total. The van der Waals surface area contributed by atoms with Crippen LogP contribution in [0.2, 0.25) is 0 Å². The number of hydrogen-bond acceptors (Lipinski definition) is 3. The van der Waals surface area contributed by atoms with Gasteiger partial charge in [0.25, 0.3) is 0 Å². The van der Waals surface area contributed by atoms with Crippen LogP contribution in [0.1, 0.15) is 19.8 Å². The van der Waals surface area contributed by atoms with E-state index in [0.717, 1.165) is 18.5 Å². The standard InChI is InChI=1S/C13H17F3N2O/c1-3-4-5-10(2)18-11-6-7-12(17-8-11)19-9-13(14,15)16/h3,6-8,10,18H,1,4-5,9H2,2H3. The van der Waals surface area contributed by atoms with Crippen LogP contribution in [0.5, 0.6) is 5.88 Å². The second kappa shape index (κ2) is 7.01. The van der Waals surface area contributed by atoms with Crippen molar-refractivity contribution < 1.29 is 17.9 Å². The second-order valence-corrected chi connectivity index (χ2v) is 4.20. The molecule has 19 heavy (non-hydrogen) atoms. The van der Waals surface area contributed by atoms with Gasteiger partial charge in [0.2, 0.25) is 5.88 Å². The van der Waals surface area contributed by atoms with Crippen LogP contribution in [-0.2, 0) is 0 Å². The minimum atomic E-state index is -4.35. The van der Waals surface area contributed by atoms with E-state index in [0.29, 0.717) is 0 Å². The number of hydrogen-bond donors (Lipinski definition) is 1. The summed E-state index contributed by atoms with van der Waals surface area (Å²) in [5.41, 5.74) is 0.746. The summed E-state index contributed by atoms with van der Waals surface area (Å²) in [5, 5.41) is 3.19. The molecule has 0 saturated carbocycles. The first kappa shape index (κ1) is 15.3. The molecule has 0 amide bonds. The molecule has 0 aliphatic carbocycles. The van der Waals surface area contributed by atoms with Crippen molar-refractivity contribution in [1.82, 2.24) is 4.98 Å². The zero-order valence-corrected chi connectivity index (χ0v) is 10.7. The van der Waals surface area contributed by atoms with E-state index in [-0.39, 0.29) is 11.9 Å². The maximum Gasteiger partial charge on any atom is 0.422 e. The minimum Gasteiger partial charge on any atom is -0.468 e. The van der Waals surface area contributed by atoms with Gasteiger partial charge in [-0.2, -0.15) is 13.2 Å². The third-order valence-corrected chi connectivity index (χ3v) is 2.34.